The first kappa shape index (κ1) is 36.5. The molecule has 52 heavy (non-hydrogen) atoms. The van der Waals surface area contributed by atoms with Gasteiger partial charge in [-0.2, -0.15) is 0 Å². The molecule has 14 nitrogen and oxygen atoms in total. The SMILES string of the molecule is O=C1N[C@H]2CCCCCCC[C@@H]3C[C@@]3(C(=O)NS(=O)(=O)C3CC3)NC(=O)[C@@H]3C[C@H](CN3C2=O)OC(=O)N2Cc3cccc(c3C2)CCCCCCO1. The highest BCUT2D eigenvalue weighted by atomic mass is 32.2. The molecule has 5 atom stereocenters. The van der Waals surface area contributed by atoms with Crippen molar-refractivity contribution in [1.29, 1.82) is 0 Å². The van der Waals surface area contributed by atoms with E-state index < -0.39 is 68.9 Å². The Kier molecular flexibility index (Phi) is 10.7. The molecule has 284 valence electrons. The number of carbonyl (C=O) groups is 5. The average Bonchev–Trinajstić information content (AvgIpc) is 3.99. The summed E-state index contributed by atoms with van der Waals surface area (Å²) >= 11 is 0. The van der Waals surface area contributed by atoms with Crippen LogP contribution in [0.25, 0.3) is 0 Å². The van der Waals surface area contributed by atoms with Gasteiger partial charge in [0.25, 0.3) is 5.91 Å². The lowest BCUT2D eigenvalue weighted by atomic mass is 9.98. The molecule has 5 bridgehead atoms. The third-order valence-electron chi connectivity index (χ3n) is 11.7. The average molecular weight is 742 g/mol. The van der Waals surface area contributed by atoms with E-state index in [1.54, 1.807) is 4.90 Å². The zero-order chi connectivity index (χ0) is 36.5. The Bertz CT molecular complexity index is 1680. The van der Waals surface area contributed by atoms with Gasteiger partial charge < -0.3 is 25.0 Å². The zero-order valence-corrected chi connectivity index (χ0v) is 30.6. The highest BCUT2D eigenvalue weighted by Crippen LogP contribution is 2.48. The minimum atomic E-state index is -3.87. The number of hydrogen-bond donors (Lipinski definition) is 3. The summed E-state index contributed by atoms with van der Waals surface area (Å²) in [5, 5.41) is 5.03. The van der Waals surface area contributed by atoms with E-state index in [2.05, 4.69) is 21.4 Å². The second kappa shape index (κ2) is 15.2. The Labute approximate surface area is 305 Å². The number of hydrogen-bond acceptors (Lipinski definition) is 9. The number of rotatable bonds is 3. The smallest absolute Gasteiger partial charge is 0.410 e. The molecule has 4 aliphatic heterocycles. The van der Waals surface area contributed by atoms with Crippen LogP contribution in [0.4, 0.5) is 9.59 Å². The minimum Gasteiger partial charge on any atom is -0.450 e. The fourth-order valence-electron chi connectivity index (χ4n) is 8.44. The van der Waals surface area contributed by atoms with E-state index in [0.29, 0.717) is 51.6 Å². The molecule has 7 rings (SSSR count). The van der Waals surface area contributed by atoms with Gasteiger partial charge >= 0.3 is 12.2 Å². The van der Waals surface area contributed by atoms with Crippen molar-refractivity contribution in [2.75, 3.05) is 13.2 Å². The number of alkyl carbamates (subject to hydrolysis) is 1. The molecular weight excluding hydrogens is 690 g/mol. The van der Waals surface area contributed by atoms with E-state index in [4.69, 9.17) is 9.47 Å². The molecule has 2 saturated carbocycles. The topological polar surface area (TPSA) is 181 Å². The maximum absolute atomic E-state index is 14.3. The fourth-order valence-corrected chi connectivity index (χ4v) is 9.81. The van der Waals surface area contributed by atoms with Gasteiger partial charge in [0.2, 0.25) is 21.8 Å². The van der Waals surface area contributed by atoms with Crippen LogP contribution in [-0.2, 0) is 53.4 Å². The Morgan fingerprint density at radius 1 is 0.885 bits per heavy atom. The molecule has 0 unspecified atom stereocenters. The van der Waals surface area contributed by atoms with Crippen LogP contribution in [0.5, 0.6) is 0 Å². The number of benzene rings is 1. The van der Waals surface area contributed by atoms with Gasteiger partial charge in [0.15, 0.2) is 0 Å². The van der Waals surface area contributed by atoms with Gasteiger partial charge in [0.05, 0.1) is 18.4 Å². The molecule has 3 N–H and O–H groups in total. The van der Waals surface area contributed by atoms with Crippen LogP contribution in [0.1, 0.15) is 113 Å². The monoisotopic (exact) mass is 741 g/mol. The molecule has 1 aromatic carbocycles. The van der Waals surface area contributed by atoms with Gasteiger partial charge in [-0.05, 0) is 74.0 Å². The van der Waals surface area contributed by atoms with Gasteiger partial charge in [-0.3, -0.25) is 24.0 Å². The van der Waals surface area contributed by atoms with Crippen molar-refractivity contribution in [2.45, 2.75) is 145 Å². The Hall–Kier alpha value is -3.88. The van der Waals surface area contributed by atoms with E-state index in [0.717, 1.165) is 62.5 Å². The maximum atomic E-state index is 14.3. The number of amides is 5. The van der Waals surface area contributed by atoms with E-state index in [-0.39, 0.29) is 31.9 Å². The molecule has 4 fully saturated rings. The molecule has 0 radical (unpaired) electrons. The third-order valence-corrected chi connectivity index (χ3v) is 13.5. The lowest BCUT2D eigenvalue weighted by molar-refractivity contribution is -0.141. The number of fused-ring (bicyclic) bond motifs is 4. The Balaban J connectivity index is 1.15. The molecule has 0 aromatic heterocycles. The largest absolute Gasteiger partial charge is 0.450 e. The predicted octanol–water partition coefficient (Wildman–Crippen LogP) is 3.55. The Morgan fingerprint density at radius 2 is 1.62 bits per heavy atom. The van der Waals surface area contributed by atoms with Gasteiger partial charge in [-0.1, -0.05) is 63.1 Å². The van der Waals surface area contributed by atoms with Crippen molar-refractivity contribution in [3.8, 4) is 0 Å². The summed E-state index contributed by atoms with van der Waals surface area (Å²) in [7, 11) is -3.87. The summed E-state index contributed by atoms with van der Waals surface area (Å²) in [6, 6.07) is 4.01. The summed E-state index contributed by atoms with van der Waals surface area (Å²) < 4.78 is 39.3. The molecule has 5 amide bonds. The van der Waals surface area contributed by atoms with Gasteiger partial charge in [0.1, 0.15) is 23.7 Å². The number of nitrogens with zero attached hydrogens (tertiary/aromatic N) is 2. The van der Waals surface area contributed by atoms with Crippen LogP contribution in [0.3, 0.4) is 0 Å². The normalized spacial score (nSPS) is 30.8. The predicted molar refractivity (Wildman–Crippen MR) is 188 cm³/mol. The first-order chi connectivity index (χ1) is 25.0. The lowest BCUT2D eigenvalue weighted by Gasteiger charge is -2.29. The van der Waals surface area contributed by atoms with Crippen LogP contribution >= 0.6 is 0 Å². The van der Waals surface area contributed by atoms with Crippen LogP contribution < -0.4 is 15.4 Å². The first-order valence-electron chi connectivity index (χ1n) is 19.2. The fraction of sp³-hybridized carbons (Fsp3) is 0.703. The van der Waals surface area contributed by atoms with Crippen molar-refractivity contribution >= 4 is 39.9 Å². The number of aryl methyl sites for hydroxylation is 1. The summed E-state index contributed by atoms with van der Waals surface area (Å²) in [5.41, 5.74) is 1.96. The van der Waals surface area contributed by atoms with E-state index >= 15 is 0 Å². The second-order valence-electron chi connectivity index (χ2n) is 15.5. The highest BCUT2D eigenvalue weighted by Gasteiger charge is 2.62. The van der Waals surface area contributed by atoms with Gasteiger partial charge in [-0.25, -0.2) is 18.0 Å². The zero-order valence-electron chi connectivity index (χ0n) is 29.7. The molecule has 0 spiro atoms. The number of sulfonamides is 1. The second-order valence-corrected chi connectivity index (χ2v) is 17.5. The van der Waals surface area contributed by atoms with Crippen molar-refractivity contribution in [1.82, 2.24) is 25.2 Å². The van der Waals surface area contributed by atoms with Crippen molar-refractivity contribution in [2.24, 2.45) is 5.92 Å². The maximum Gasteiger partial charge on any atom is 0.410 e. The van der Waals surface area contributed by atoms with E-state index in [1.807, 2.05) is 12.1 Å². The van der Waals surface area contributed by atoms with Crippen molar-refractivity contribution < 1.29 is 41.9 Å². The number of carbonyl (C=O) groups excluding carboxylic acids is 5. The summed E-state index contributed by atoms with van der Waals surface area (Å²) in [5.74, 6) is -2.13. The van der Waals surface area contributed by atoms with Gasteiger partial charge in [-0.15, -0.1) is 0 Å². The Morgan fingerprint density at radius 3 is 2.42 bits per heavy atom. The number of nitrogens with one attached hydrogen (secondary N) is 3. The molecule has 2 aliphatic carbocycles. The molecule has 4 heterocycles. The van der Waals surface area contributed by atoms with Crippen LogP contribution in [-0.4, -0.2) is 90.3 Å². The standard InChI is InChI=1S/C37H51N5O9S/c43-32-31-19-27-22-42(31)33(44)30(15-8-3-1-2-7-14-26-20-37(26,39-32)34(45)40-52(48,49)28-16-17-28)38-35(46)50-18-9-5-4-6-11-24-12-10-13-25-21-41(23-29(24)25)36(47)51-27/h10,12-13,26-28,30-31H,1-9,11,14-23H2,(H,38,46)(H,39,43)(H,40,45)/t26-,27-,30+,31+,37-/m1/s1. The number of cyclic esters (lactones) is 1. The first-order valence-corrected chi connectivity index (χ1v) is 20.8. The summed E-state index contributed by atoms with van der Waals surface area (Å²) in [6.07, 6.45) is 8.53. The lowest BCUT2D eigenvalue weighted by Crippen LogP contribution is -2.58. The highest BCUT2D eigenvalue weighted by molar-refractivity contribution is 7.91. The molecule has 6 aliphatic rings. The van der Waals surface area contributed by atoms with Gasteiger partial charge in [0, 0.05) is 19.5 Å². The number of ether oxygens (including phenoxy) is 2. The van der Waals surface area contributed by atoms with Crippen LogP contribution in [0.15, 0.2) is 18.2 Å². The molecular formula is C37H51N5O9S. The molecule has 1 aromatic rings. The molecule has 15 heteroatoms. The van der Waals surface area contributed by atoms with E-state index in [1.165, 1.54) is 10.5 Å². The summed E-state index contributed by atoms with van der Waals surface area (Å²) in [4.78, 5) is 71.9. The minimum absolute atomic E-state index is 0.0186. The third kappa shape index (κ3) is 8.03. The van der Waals surface area contributed by atoms with Crippen molar-refractivity contribution in [3.05, 3.63) is 34.9 Å². The van der Waals surface area contributed by atoms with Crippen molar-refractivity contribution in [3.63, 3.8) is 0 Å². The van der Waals surface area contributed by atoms with Crippen LogP contribution in [0, 0.1) is 5.92 Å². The summed E-state index contributed by atoms with van der Waals surface area (Å²) in [6.45, 7) is 0.946. The quantitative estimate of drug-likeness (QED) is 0.418. The van der Waals surface area contributed by atoms with E-state index in [9.17, 15) is 32.4 Å². The van der Waals surface area contributed by atoms with Crippen LogP contribution in [0.2, 0.25) is 0 Å². The molecule has 2 saturated heterocycles.